The Morgan fingerprint density at radius 3 is 2.77 bits per heavy atom. The van der Waals surface area contributed by atoms with E-state index in [1.807, 2.05) is 6.07 Å². The van der Waals surface area contributed by atoms with E-state index in [-0.39, 0.29) is 5.38 Å². The molecule has 0 radical (unpaired) electrons. The van der Waals surface area contributed by atoms with Crippen molar-refractivity contribution in [1.82, 2.24) is 0 Å². The summed E-state index contributed by atoms with van der Waals surface area (Å²) in [5, 5.41) is 0.154. The van der Waals surface area contributed by atoms with Gasteiger partial charge in [-0.1, -0.05) is 24.4 Å². The van der Waals surface area contributed by atoms with E-state index in [1.165, 1.54) is 17.7 Å². The Balaban J connectivity index is 2.05. The average Bonchev–Trinajstić information content (AvgIpc) is 2.81. The molecule has 1 aliphatic rings. The van der Waals surface area contributed by atoms with Gasteiger partial charge in [0, 0.05) is 9.35 Å². The smallest absolute Gasteiger partial charge is 0.107 e. The molecule has 0 bridgehead atoms. The van der Waals surface area contributed by atoms with Crippen LogP contribution in [0, 0.1) is 5.92 Å². The largest absolute Gasteiger partial charge is 0.126 e. The number of alkyl halides is 1. The van der Waals surface area contributed by atoms with Gasteiger partial charge in [0.15, 0.2) is 0 Å². The van der Waals surface area contributed by atoms with Crippen molar-refractivity contribution in [3.05, 3.63) is 19.8 Å². The van der Waals surface area contributed by atoms with Gasteiger partial charge < -0.3 is 0 Å². The standard InChI is InChI=1S/C9H9BrCl2S/c10-6-4-8(13-9(6)12)7(11)3-5-1-2-5/h4-5,7H,1-3H2. The second-order valence-electron chi connectivity index (χ2n) is 3.42. The second-order valence-corrected chi connectivity index (χ2v) is 6.48. The molecule has 0 aliphatic heterocycles. The van der Waals surface area contributed by atoms with Crippen LogP contribution < -0.4 is 0 Å². The molecular formula is C9H9BrCl2S. The van der Waals surface area contributed by atoms with Crippen molar-refractivity contribution in [1.29, 1.82) is 0 Å². The number of hydrogen-bond donors (Lipinski definition) is 0. The Morgan fingerprint density at radius 2 is 2.31 bits per heavy atom. The normalized spacial score (nSPS) is 19.0. The SMILES string of the molecule is Clc1sc(C(Cl)CC2CC2)cc1Br. The van der Waals surface area contributed by atoms with Crippen molar-refractivity contribution in [2.75, 3.05) is 0 Å². The molecule has 1 aromatic heterocycles. The van der Waals surface area contributed by atoms with Gasteiger partial charge in [-0.2, -0.15) is 0 Å². The minimum absolute atomic E-state index is 0.154. The number of thiophene rings is 1. The zero-order valence-corrected chi connectivity index (χ0v) is 10.8. The van der Waals surface area contributed by atoms with Crippen LogP contribution in [0.15, 0.2) is 10.5 Å². The van der Waals surface area contributed by atoms with Crippen LogP contribution in [0.4, 0.5) is 0 Å². The van der Waals surface area contributed by atoms with Gasteiger partial charge in [0.1, 0.15) is 4.34 Å². The lowest BCUT2D eigenvalue weighted by Gasteiger charge is -2.04. The highest BCUT2D eigenvalue weighted by molar-refractivity contribution is 9.10. The zero-order chi connectivity index (χ0) is 9.42. The average molecular weight is 300 g/mol. The molecule has 1 atom stereocenters. The molecule has 72 valence electrons. The molecule has 0 spiro atoms. The Bertz CT molecular complexity index is 287. The Morgan fingerprint density at radius 1 is 1.62 bits per heavy atom. The minimum atomic E-state index is 0.154. The van der Waals surface area contributed by atoms with E-state index in [0.717, 1.165) is 21.1 Å². The van der Waals surface area contributed by atoms with Crippen molar-refractivity contribution in [2.45, 2.75) is 24.6 Å². The Labute approximate surface area is 100 Å². The lowest BCUT2D eigenvalue weighted by atomic mass is 10.2. The summed E-state index contributed by atoms with van der Waals surface area (Å²) in [7, 11) is 0. The molecule has 1 unspecified atom stereocenters. The third kappa shape index (κ3) is 2.62. The van der Waals surface area contributed by atoms with Crippen LogP contribution in [0.2, 0.25) is 4.34 Å². The van der Waals surface area contributed by atoms with E-state index >= 15 is 0 Å². The van der Waals surface area contributed by atoms with Crippen LogP contribution in [0.3, 0.4) is 0 Å². The number of rotatable bonds is 3. The third-order valence-corrected chi connectivity index (χ3v) is 5.34. The van der Waals surface area contributed by atoms with Crippen LogP contribution in [-0.2, 0) is 0 Å². The molecule has 0 amide bonds. The van der Waals surface area contributed by atoms with Gasteiger partial charge in [0.25, 0.3) is 0 Å². The van der Waals surface area contributed by atoms with Gasteiger partial charge in [-0.25, -0.2) is 0 Å². The summed E-state index contributed by atoms with van der Waals surface area (Å²) in [4.78, 5) is 1.19. The summed E-state index contributed by atoms with van der Waals surface area (Å²) in [5.41, 5.74) is 0. The molecule has 1 aromatic rings. The van der Waals surface area contributed by atoms with Crippen LogP contribution in [0.5, 0.6) is 0 Å². The summed E-state index contributed by atoms with van der Waals surface area (Å²) < 4.78 is 1.77. The van der Waals surface area contributed by atoms with Crippen LogP contribution >= 0.6 is 50.5 Å². The molecule has 0 nitrogen and oxygen atoms in total. The van der Waals surface area contributed by atoms with Crippen molar-refractivity contribution < 1.29 is 0 Å². The van der Waals surface area contributed by atoms with E-state index in [9.17, 15) is 0 Å². The maximum absolute atomic E-state index is 6.26. The highest BCUT2D eigenvalue weighted by atomic mass is 79.9. The van der Waals surface area contributed by atoms with E-state index in [4.69, 9.17) is 23.2 Å². The van der Waals surface area contributed by atoms with Crippen LogP contribution in [0.1, 0.15) is 29.5 Å². The van der Waals surface area contributed by atoms with Gasteiger partial charge in [-0.05, 0) is 34.3 Å². The highest BCUT2D eigenvalue weighted by Crippen LogP contribution is 2.44. The number of halogens is 3. The summed E-state index contributed by atoms with van der Waals surface area (Å²) in [5.74, 6) is 0.863. The summed E-state index contributed by atoms with van der Waals surface area (Å²) in [6.07, 6.45) is 3.80. The molecule has 4 heteroatoms. The van der Waals surface area contributed by atoms with Gasteiger partial charge in [-0.3, -0.25) is 0 Å². The molecule has 1 saturated carbocycles. The fourth-order valence-corrected chi connectivity index (χ4v) is 3.46. The molecule has 0 N–H and O–H groups in total. The monoisotopic (exact) mass is 298 g/mol. The van der Waals surface area contributed by atoms with Crippen molar-refractivity contribution in [3.8, 4) is 0 Å². The van der Waals surface area contributed by atoms with Crippen LogP contribution in [-0.4, -0.2) is 0 Å². The fraction of sp³-hybridized carbons (Fsp3) is 0.556. The predicted octanol–water partition coefficient (Wildman–Crippen LogP) is 5.24. The molecule has 1 fully saturated rings. The molecule has 2 rings (SSSR count). The maximum atomic E-state index is 6.26. The number of hydrogen-bond acceptors (Lipinski definition) is 1. The van der Waals surface area contributed by atoms with Crippen molar-refractivity contribution >= 4 is 50.5 Å². The van der Waals surface area contributed by atoms with Gasteiger partial charge in [0.2, 0.25) is 0 Å². The summed E-state index contributed by atoms with van der Waals surface area (Å²) in [6, 6.07) is 2.03. The maximum Gasteiger partial charge on any atom is 0.107 e. The highest BCUT2D eigenvalue weighted by Gasteiger charge is 2.26. The van der Waals surface area contributed by atoms with E-state index < -0.39 is 0 Å². The summed E-state index contributed by atoms with van der Waals surface area (Å²) >= 11 is 17.2. The minimum Gasteiger partial charge on any atom is -0.126 e. The van der Waals surface area contributed by atoms with E-state index in [0.29, 0.717) is 0 Å². The fourth-order valence-electron chi connectivity index (χ4n) is 1.28. The molecule has 13 heavy (non-hydrogen) atoms. The zero-order valence-electron chi connectivity index (χ0n) is 6.90. The molecule has 0 saturated heterocycles. The molecule has 1 aliphatic carbocycles. The van der Waals surface area contributed by atoms with Gasteiger partial charge in [-0.15, -0.1) is 22.9 Å². The predicted molar refractivity (Wildman–Crippen MR) is 63.0 cm³/mol. The molecule has 0 aromatic carbocycles. The Kier molecular flexibility index (Phi) is 3.24. The van der Waals surface area contributed by atoms with Crippen molar-refractivity contribution in [3.63, 3.8) is 0 Å². The summed E-state index contributed by atoms with van der Waals surface area (Å²) in [6.45, 7) is 0. The first kappa shape index (κ1) is 10.3. The first-order valence-corrected chi connectivity index (χ1v) is 6.68. The topological polar surface area (TPSA) is 0 Å². The lowest BCUT2D eigenvalue weighted by molar-refractivity contribution is 0.713. The van der Waals surface area contributed by atoms with Crippen molar-refractivity contribution in [2.24, 2.45) is 5.92 Å². The third-order valence-electron chi connectivity index (χ3n) is 2.21. The first-order chi connectivity index (χ1) is 6.16. The van der Waals surface area contributed by atoms with Gasteiger partial charge in [0.05, 0.1) is 5.38 Å². The quantitative estimate of drug-likeness (QED) is 0.669. The van der Waals surface area contributed by atoms with E-state index in [2.05, 4.69) is 15.9 Å². The second kappa shape index (κ2) is 4.09. The Hall–Kier alpha value is 0.760. The van der Waals surface area contributed by atoms with E-state index in [1.54, 1.807) is 11.3 Å². The lowest BCUT2D eigenvalue weighted by Crippen LogP contribution is -1.87. The first-order valence-electron chi connectivity index (χ1n) is 4.25. The van der Waals surface area contributed by atoms with Gasteiger partial charge >= 0.3 is 0 Å². The molecular weight excluding hydrogens is 291 g/mol. The molecule has 1 heterocycles. The van der Waals surface area contributed by atoms with Crippen LogP contribution in [0.25, 0.3) is 0 Å².